The molecule has 2 aliphatic rings. The van der Waals surface area contributed by atoms with Crippen LogP contribution in [0.3, 0.4) is 0 Å². The molecule has 0 spiro atoms. The first-order valence-corrected chi connectivity index (χ1v) is 13.9. The summed E-state index contributed by atoms with van der Waals surface area (Å²) in [4.78, 5) is 2.24. The normalized spacial score (nSPS) is 20.9. The van der Waals surface area contributed by atoms with Gasteiger partial charge in [0.25, 0.3) is 0 Å². The lowest BCUT2D eigenvalue weighted by Gasteiger charge is -2.29. The number of anilines is 1. The second-order valence-corrected chi connectivity index (χ2v) is 11.9. The van der Waals surface area contributed by atoms with Gasteiger partial charge in [-0.15, -0.1) is 0 Å². The third-order valence-corrected chi connectivity index (χ3v) is 9.03. The summed E-state index contributed by atoms with van der Waals surface area (Å²) >= 11 is 0. The van der Waals surface area contributed by atoms with Crippen LogP contribution in [0, 0.1) is 0 Å². The molecule has 1 atom stereocenters. The van der Waals surface area contributed by atoms with E-state index in [0.29, 0.717) is 6.42 Å². The van der Waals surface area contributed by atoms with Gasteiger partial charge < -0.3 is 4.90 Å². The number of halogens is 3. The molecule has 0 saturated heterocycles. The van der Waals surface area contributed by atoms with Crippen molar-refractivity contribution in [3.05, 3.63) is 131 Å². The van der Waals surface area contributed by atoms with Gasteiger partial charge in [0.15, 0.2) is 5.71 Å². The average molecular weight is 552 g/mol. The second-order valence-electron chi connectivity index (χ2n) is 11.9. The Balaban J connectivity index is 1.45. The fourth-order valence-corrected chi connectivity index (χ4v) is 6.97. The van der Waals surface area contributed by atoms with Crippen LogP contribution in [0.5, 0.6) is 0 Å². The monoisotopic (exact) mass is 551 g/mol. The van der Waals surface area contributed by atoms with Crippen LogP contribution in [0.15, 0.2) is 109 Å². The lowest BCUT2D eigenvalue weighted by atomic mass is 9.74. The van der Waals surface area contributed by atoms with E-state index < -0.39 is 17.2 Å². The Kier molecular flexibility index (Phi) is 6.25. The molecule has 0 amide bonds. The molecule has 0 N–H and O–H groups in total. The van der Waals surface area contributed by atoms with Crippen LogP contribution in [-0.2, 0) is 23.4 Å². The molecule has 2 aliphatic heterocycles. The van der Waals surface area contributed by atoms with Crippen molar-refractivity contribution >= 4 is 27.9 Å². The lowest BCUT2D eigenvalue weighted by Crippen LogP contribution is -2.29. The molecule has 4 aromatic rings. The average Bonchev–Trinajstić information content (AvgIpc) is 3.27. The van der Waals surface area contributed by atoms with Gasteiger partial charge in [-0.1, -0.05) is 66.7 Å². The van der Waals surface area contributed by atoms with E-state index in [9.17, 15) is 13.2 Å². The van der Waals surface area contributed by atoms with Gasteiger partial charge >= 0.3 is 6.18 Å². The summed E-state index contributed by atoms with van der Waals surface area (Å²) in [5, 5.41) is 2.32. The molecule has 0 radical (unpaired) electrons. The highest BCUT2D eigenvalue weighted by molar-refractivity contribution is 6.03. The number of nitrogens with zero attached hydrogens (tertiary/aromatic N) is 2. The van der Waals surface area contributed by atoms with E-state index in [0.717, 1.165) is 22.3 Å². The Morgan fingerprint density at radius 2 is 1.54 bits per heavy atom. The smallest absolute Gasteiger partial charge is 0.347 e. The van der Waals surface area contributed by atoms with E-state index in [2.05, 4.69) is 117 Å². The minimum atomic E-state index is -4.35. The minimum Gasteiger partial charge on any atom is -0.347 e. The first-order chi connectivity index (χ1) is 19.4. The number of likely N-dealkylation sites (N-methyl/N-ethyl adjacent to an activating group) is 1. The molecule has 0 aromatic heterocycles. The molecule has 0 bridgehead atoms. The second kappa shape index (κ2) is 9.47. The maximum Gasteiger partial charge on any atom is 0.416 e. The molecule has 0 fully saturated rings. The summed E-state index contributed by atoms with van der Waals surface area (Å²) in [5.74, 6) is 0. The van der Waals surface area contributed by atoms with Crippen molar-refractivity contribution in [3.63, 3.8) is 0 Å². The predicted molar refractivity (Wildman–Crippen MR) is 162 cm³/mol. The Morgan fingerprint density at radius 3 is 2.24 bits per heavy atom. The zero-order valence-electron chi connectivity index (χ0n) is 24.1. The van der Waals surface area contributed by atoms with Gasteiger partial charge in [0.2, 0.25) is 5.69 Å². The van der Waals surface area contributed by atoms with Crippen molar-refractivity contribution in [2.24, 2.45) is 0 Å². The molecule has 41 heavy (non-hydrogen) atoms. The van der Waals surface area contributed by atoms with Crippen molar-refractivity contribution in [2.75, 3.05) is 19.0 Å². The van der Waals surface area contributed by atoms with Crippen LogP contribution in [0.2, 0.25) is 0 Å². The predicted octanol–water partition coefficient (Wildman–Crippen LogP) is 8.96. The van der Waals surface area contributed by atoms with Crippen LogP contribution in [-0.4, -0.2) is 24.4 Å². The largest absolute Gasteiger partial charge is 0.416 e. The van der Waals surface area contributed by atoms with Gasteiger partial charge in [-0.25, -0.2) is 0 Å². The van der Waals surface area contributed by atoms with Crippen molar-refractivity contribution in [2.45, 2.75) is 44.2 Å². The van der Waals surface area contributed by atoms with E-state index in [-0.39, 0.29) is 5.41 Å². The molecule has 6 rings (SSSR count). The molecule has 208 valence electrons. The Hall–Kier alpha value is -4.12. The standard InChI is InChI=1S/C36H34F3N2/c1-34(2)28-13-8-9-14-29(28)40(4)31(34)15-10-16-32-35(3,23-24-17-20-26(21-18-24)36(37,38)39)33-27-12-7-6-11-25(27)19-22-30(33)41(32)5/h6-22H,23H2,1-5H3/q+1. The highest BCUT2D eigenvalue weighted by Gasteiger charge is 2.44. The number of fused-ring (bicyclic) bond motifs is 4. The summed E-state index contributed by atoms with van der Waals surface area (Å²) in [5.41, 5.74) is 6.82. The fourth-order valence-electron chi connectivity index (χ4n) is 6.97. The number of benzene rings is 4. The lowest BCUT2D eigenvalue weighted by molar-refractivity contribution is -0.401. The van der Waals surface area contributed by atoms with Crippen LogP contribution in [0.4, 0.5) is 24.5 Å². The van der Waals surface area contributed by atoms with E-state index in [4.69, 9.17) is 0 Å². The van der Waals surface area contributed by atoms with Gasteiger partial charge in [-0.3, -0.25) is 0 Å². The van der Waals surface area contributed by atoms with Crippen LogP contribution in [0.1, 0.15) is 43.0 Å². The molecule has 0 saturated carbocycles. The third kappa shape index (κ3) is 4.30. The van der Waals surface area contributed by atoms with Crippen LogP contribution >= 0.6 is 0 Å². The van der Waals surface area contributed by atoms with Crippen LogP contribution < -0.4 is 4.90 Å². The SMILES string of the molecule is CN1/C(=C\C=C\C2=[N+](C)c3ccccc3C2(C)C)C(C)(Cc2ccc(C(F)(F)F)cc2)c2c1ccc1ccccc21. The van der Waals surface area contributed by atoms with E-state index >= 15 is 0 Å². The Bertz CT molecular complexity index is 1760. The van der Waals surface area contributed by atoms with Crippen LogP contribution in [0.25, 0.3) is 10.8 Å². The van der Waals surface area contributed by atoms with Gasteiger partial charge in [0, 0.05) is 41.6 Å². The van der Waals surface area contributed by atoms with Crippen molar-refractivity contribution < 1.29 is 17.7 Å². The first kappa shape index (κ1) is 27.1. The summed E-state index contributed by atoms with van der Waals surface area (Å²) in [7, 11) is 4.19. The first-order valence-electron chi connectivity index (χ1n) is 13.9. The highest BCUT2D eigenvalue weighted by atomic mass is 19.4. The van der Waals surface area contributed by atoms with Gasteiger partial charge in [0.1, 0.15) is 7.05 Å². The number of rotatable bonds is 4. The van der Waals surface area contributed by atoms with Crippen molar-refractivity contribution in [3.8, 4) is 0 Å². The van der Waals surface area contributed by atoms with E-state index in [1.165, 1.54) is 40.0 Å². The third-order valence-electron chi connectivity index (χ3n) is 9.03. The number of hydrogen-bond acceptors (Lipinski definition) is 1. The molecule has 0 aliphatic carbocycles. The summed E-state index contributed by atoms with van der Waals surface area (Å²) in [6, 6.07) is 26.8. The fraction of sp³-hybridized carbons (Fsp3) is 0.250. The minimum absolute atomic E-state index is 0.134. The molecule has 2 heterocycles. The van der Waals surface area contributed by atoms with Gasteiger partial charge in [-0.2, -0.15) is 17.7 Å². The van der Waals surface area contributed by atoms with Crippen molar-refractivity contribution in [1.29, 1.82) is 0 Å². The zero-order valence-corrected chi connectivity index (χ0v) is 24.1. The van der Waals surface area contributed by atoms with Gasteiger partial charge in [0.05, 0.1) is 11.0 Å². The van der Waals surface area contributed by atoms with E-state index in [1.54, 1.807) is 12.1 Å². The summed E-state index contributed by atoms with van der Waals surface area (Å²) < 4.78 is 42.1. The Labute approximate surface area is 239 Å². The number of para-hydroxylation sites is 1. The maximum absolute atomic E-state index is 13.3. The Morgan fingerprint density at radius 1 is 0.854 bits per heavy atom. The quantitative estimate of drug-likeness (QED) is 0.230. The zero-order chi connectivity index (χ0) is 29.2. The summed E-state index contributed by atoms with van der Waals surface area (Å²) in [6.07, 6.45) is 2.72. The number of allylic oxidation sites excluding steroid dienone is 4. The summed E-state index contributed by atoms with van der Waals surface area (Å²) in [6.45, 7) is 6.72. The topological polar surface area (TPSA) is 6.25 Å². The number of alkyl halides is 3. The van der Waals surface area contributed by atoms with Crippen molar-refractivity contribution in [1.82, 2.24) is 0 Å². The molecule has 2 nitrogen and oxygen atoms in total. The molecule has 1 unspecified atom stereocenters. The highest BCUT2D eigenvalue weighted by Crippen LogP contribution is 2.52. The number of hydrogen-bond donors (Lipinski definition) is 0. The molecule has 4 aromatic carbocycles. The van der Waals surface area contributed by atoms with E-state index in [1.807, 2.05) is 6.07 Å². The molecular weight excluding hydrogens is 517 g/mol. The molecule has 5 heteroatoms. The molecular formula is C36H34F3N2+. The maximum atomic E-state index is 13.3. The van der Waals surface area contributed by atoms with Gasteiger partial charge in [-0.05, 0) is 73.4 Å².